The average molecular weight is 416 g/mol. The van der Waals surface area contributed by atoms with E-state index in [1.807, 2.05) is 6.92 Å². The molecule has 2 aromatic rings. The molecule has 1 saturated carbocycles. The van der Waals surface area contributed by atoms with Gasteiger partial charge in [-0.1, -0.05) is 18.0 Å². The van der Waals surface area contributed by atoms with Gasteiger partial charge in [-0.05, 0) is 87.6 Å². The molecule has 3 rings (SSSR count). The van der Waals surface area contributed by atoms with E-state index in [9.17, 15) is 9.59 Å². The lowest BCUT2D eigenvalue weighted by molar-refractivity contribution is -0.158. The number of anilines is 1. The first-order valence-electron chi connectivity index (χ1n) is 9.97. The fraction of sp³-hybridized carbons (Fsp3) is 0.391. The van der Waals surface area contributed by atoms with E-state index in [-0.39, 0.29) is 18.0 Å². The second-order valence-corrected chi connectivity index (χ2v) is 7.83. The van der Waals surface area contributed by atoms with Gasteiger partial charge >= 0.3 is 5.97 Å². The van der Waals surface area contributed by atoms with Crippen molar-refractivity contribution in [3.8, 4) is 5.75 Å². The van der Waals surface area contributed by atoms with Gasteiger partial charge in [-0.2, -0.15) is 0 Å². The van der Waals surface area contributed by atoms with Crippen LogP contribution in [0.4, 0.5) is 5.69 Å². The Morgan fingerprint density at radius 2 is 1.76 bits per heavy atom. The predicted octanol–water partition coefficient (Wildman–Crippen LogP) is 5.54. The summed E-state index contributed by atoms with van der Waals surface area (Å²) in [7, 11) is 0. The zero-order valence-corrected chi connectivity index (χ0v) is 17.5. The Bertz CT molecular complexity index is 860. The number of hydrogen-bond acceptors (Lipinski definition) is 4. The van der Waals surface area contributed by atoms with Crippen LogP contribution in [0.3, 0.4) is 0 Å². The van der Waals surface area contributed by atoms with Gasteiger partial charge in [0.15, 0.2) is 6.10 Å². The van der Waals surface area contributed by atoms with Crippen LogP contribution in [0.25, 0.3) is 0 Å². The fourth-order valence-electron chi connectivity index (χ4n) is 3.34. The first-order valence-corrected chi connectivity index (χ1v) is 10.3. The molecule has 6 heteroatoms. The van der Waals surface area contributed by atoms with E-state index >= 15 is 0 Å². The number of nitrogens with one attached hydrogen (secondary N) is 1. The molecular formula is C23H26ClNO4. The molecule has 0 radical (unpaired) electrons. The van der Waals surface area contributed by atoms with E-state index in [0.717, 1.165) is 31.2 Å². The molecule has 0 saturated heterocycles. The third kappa shape index (κ3) is 5.97. The number of aryl methyl sites for hydroxylation is 1. The SMILES string of the molecule is Cc1cc(Cl)ccc1NC(=O)c1ccc(OC(C)C(=O)OC2CCCCC2)cc1. The molecule has 1 atom stereocenters. The molecule has 154 valence electrons. The number of carbonyl (C=O) groups excluding carboxylic acids is 2. The van der Waals surface area contributed by atoms with E-state index in [4.69, 9.17) is 21.1 Å². The highest BCUT2D eigenvalue weighted by Gasteiger charge is 2.23. The van der Waals surface area contributed by atoms with E-state index < -0.39 is 6.10 Å². The van der Waals surface area contributed by atoms with E-state index in [1.54, 1.807) is 49.4 Å². The Balaban J connectivity index is 1.54. The summed E-state index contributed by atoms with van der Waals surface area (Å²) >= 11 is 5.95. The van der Waals surface area contributed by atoms with Crippen molar-refractivity contribution in [2.75, 3.05) is 5.32 Å². The molecule has 1 aliphatic rings. The molecule has 1 amide bonds. The Hall–Kier alpha value is -2.53. The van der Waals surface area contributed by atoms with E-state index in [0.29, 0.717) is 22.0 Å². The summed E-state index contributed by atoms with van der Waals surface area (Å²) in [4.78, 5) is 24.7. The van der Waals surface area contributed by atoms with E-state index in [1.165, 1.54) is 6.42 Å². The molecule has 0 bridgehead atoms. The minimum atomic E-state index is -0.701. The summed E-state index contributed by atoms with van der Waals surface area (Å²) in [5.74, 6) is -0.0685. The molecule has 1 N–H and O–H groups in total. The minimum absolute atomic E-state index is 0.00435. The molecule has 1 unspecified atom stereocenters. The third-order valence-electron chi connectivity index (χ3n) is 5.03. The number of ether oxygens (including phenoxy) is 2. The summed E-state index contributed by atoms with van der Waals surface area (Å²) in [5.41, 5.74) is 2.08. The number of benzene rings is 2. The van der Waals surface area contributed by atoms with Gasteiger partial charge in [-0.25, -0.2) is 4.79 Å². The monoisotopic (exact) mass is 415 g/mol. The van der Waals surface area contributed by atoms with Crippen molar-refractivity contribution in [3.05, 3.63) is 58.6 Å². The quantitative estimate of drug-likeness (QED) is 0.628. The van der Waals surface area contributed by atoms with Crippen LogP contribution in [-0.4, -0.2) is 24.1 Å². The number of carbonyl (C=O) groups is 2. The standard InChI is InChI=1S/C23H26ClNO4/c1-15-14-18(24)10-13-21(15)25-22(26)17-8-11-20(12-9-17)28-16(2)23(27)29-19-6-4-3-5-7-19/h8-14,16,19H,3-7H2,1-2H3,(H,25,26). The highest BCUT2D eigenvalue weighted by molar-refractivity contribution is 6.30. The van der Waals surface area contributed by atoms with Gasteiger partial charge in [0.1, 0.15) is 11.9 Å². The Morgan fingerprint density at radius 1 is 1.07 bits per heavy atom. The highest BCUT2D eigenvalue weighted by atomic mass is 35.5. The van der Waals surface area contributed by atoms with Gasteiger partial charge in [0, 0.05) is 16.3 Å². The molecule has 0 heterocycles. The molecule has 0 aromatic heterocycles. The van der Waals surface area contributed by atoms with Crippen LogP contribution < -0.4 is 10.1 Å². The van der Waals surface area contributed by atoms with Crippen LogP contribution in [0.1, 0.15) is 54.9 Å². The summed E-state index contributed by atoms with van der Waals surface area (Å²) < 4.78 is 11.2. The van der Waals surface area contributed by atoms with Gasteiger partial charge in [0.25, 0.3) is 5.91 Å². The summed E-state index contributed by atoms with van der Waals surface area (Å²) in [6.07, 6.45) is 4.57. The van der Waals surface area contributed by atoms with Crippen LogP contribution in [0.15, 0.2) is 42.5 Å². The molecule has 2 aromatic carbocycles. The Labute approximate surface area is 176 Å². The summed E-state index contributed by atoms with van der Waals surface area (Å²) in [5, 5.41) is 3.49. The van der Waals surface area contributed by atoms with Gasteiger partial charge in [0.2, 0.25) is 0 Å². The van der Waals surface area contributed by atoms with Gasteiger partial charge in [-0.3, -0.25) is 4.79 Å². The molecular weight excluding hydrogens is 390 g/mol. The maximum absolute atomic E-state index is 12.5. The summed E-state index contributed by atoms with van der Waals surface area (Å²) in [6, 6.07) is 12.0. The topological polar surface area (TPSA) is 64.6 Å². The average Bonchev–Trinajstić information content (AvgIpc) is 2.71. The molecule has 29 heavy (non-hydrogen) atoms. The second-order valence-electron chi connectivity index (χ2n) is 7.39. The van der Waals surface area contributed by atoms with Crippen molar-refractivity contribution in [1.82, 2.24) is 0 Å². The summed E-state index contributed by atoms with van der Waals surface area (Å²) in [6.45, 7) is 3.56. The fourth-order valence-corrected chi connectivity index (χ4v) is 3.57. The van der Waals surface area contributed by atoms with Crippen molar-refractivity contribution in [3.63, 3.8) is 0 Å². The molecule has 1 aliphatic carbocycles. The maximum atomic E-state index is 12.5. The number of hydrogen-bond donors (Lipinski definition) is 1. The lowest BCUT2D eigenvalue weighted by Gasteiger charge is -2.23. The first kappa shape index (κ1) is 21.2. The lowest BCUT2D eigenvalue weighted by atomic mass is 9.98. The largest absolute Gasteiger partial charge is 0.479 e. The van der Waals surface area contributed by atoms with Crippen molar-refractivity contribution < 1.29 is 19.1 Å². The van der Waals surface area contributed by atoms with Crippen LogP contribution in [0.2, 0.25) is 5.02 Å². The van der Waals surface area contributed by atoms with Crippen molar-refractivity contribution >= 4 is 29.2 Å². The van der Waals surface area contributed by atoms with Gasteiger partial charge in [-0.15, -0.1) is 0 Å². The van der Waals surface area contributed by atoms with Crippen LogP contribution >= 0.6 is 11.6 Å². The van der Waals surface area contributed by atoms with Gasteiger partial charge in [0.05, 0.1) is 0 Å². The Kier molecular flexibility index (Phi) is 7.15. The smallest absolute Gasteiger partial charge is 0.347 e. The number of esters is 1. The minimum Gasteiger partial charge on any atom is -0.479 e. The van der Waals surface area contributed by atoms with E-state index in [2.05, 4.69) is 5.32 Å². The predicted molar refractivity (Wildman–Crippen MR) is 114 cm³/mol. The third-order valence-corrected chi connectivity index (χ3v) is 5.27. The zero-order chi connectivity index (χ0) is 20.8. The van der Waals surface area contributed by atoms with Crippen LogP contribution in [0, 0.1) is 6.92 Å². The first-order chi connectivity index (χ1) is 13.9. The zero-order valence-electron chi connectivity index (χ0n) is 16.7. The number of rotatable bonds is 6. The highest BCUT2D eigenvalue weighted by Crippen LogP contribution is 2.23. The van der Waals surface area contributed by atoms with Crippen LogP contribution in [0.5, 0.6) is 5.75 Å². The van der Waals surface area contributed by atoms with Crippen molar-refractivity contribution in [2.24, 2.45) is 0 Å². The van der Waals surface area contributed by atoms with Crippen molar-refractivity contribution in [1.29, 1.82) is 0 Å². The number of amides is 1. The van der Waals surface area contributed by atoms with Gasteiger partial charge < -0.3 is 14.8 Å². The molecule has 0 spiro atoms. The normalized spacial score (nSPS) is 15.4. The lowest BCUT2D eigenvalue weighted by Crippen LogP contribution is -2.31. The van der Waals surface area contributed by atoms with Crippen LogP contribution in [-0.2, 0) is 9.53 Å². The molecule has 5 nitrogen and oxygen atoms in total. The van der Waals surface area contributed by atoms with Crippen molar-refractivity contribution in [2.45, 2.75) is 58.2 Å². The Morgan fingerprint density at radius 3 is 2.41 bits per heavy atom. The maximum Gasteiger partial charge on any atom is 0.347 e. The number of halogens is 1. The molecule has 1 fully saturated rings. The second kappa shape index (κ2) is 9.79. The molecule has 0 aliphatic heterocycles.